The van der Waals surface area contributed by atoms with Crippen LogP contribution >= 0.6 is 11.3 Å². The predicted octanol–water partition coefficient (Wildman–Crippen LogP) is 3.59. The number of rotatable bonds is 6. The second-order valence-corrected chi connectivity index (χ2v) is 7.92. The van der Waals surface area contributed by atoms with Crippen LogP contribution in [0.25, 0.3) is 11.1 Å². The van der Waals surface area contributed by atoms with Crippen molar-refractivity contribution in [3.63, 3.8) is 0 Å². The van der Waals surface area contributed by atoms with E-state index in [0.717, 1.165) is 39.5 Å². The molecule has 3 rings (SSSR count). The number of carbonyl (C=O) groups excluding carboxylic acids is 1. The average molecular weight is 344 g/mol. The zero-order chi connectivity index (χ0) is 17.3. The van der Waals surface area contributed by atoms with Gasteiger partial charge in [0.15, 0.2) is 0 Å². The molecule has 128 valence electrons. The molecule has 2 aromatic rings. The van der Waals surface area contributed by atoms with Crippen LogP contribution in [0.2, 0.25) is 0 Å². The Kier molecular flexibility index (Phi) is 4.65. The molecule has 1 amide bonds. The minimum atomic E-state index is -0.296. The van der Waals surface area contributed by atoms with Gasteiger partial charge in [-0.15, -0.1) is 11.3 Å². The first-order valence-corrected chi connectivity index (χ1v) is 9.06. The summed E-state index contributed by atoms with van der Waals surface area (Å²) in [5.74, 6) is 1.31. The van der Waals surface area contributed by atoms with Gasteiger partial charge in [-0.1, -0.05) is 12.1 Å². The third kappa shape index (κ3) is 3.32. The van der Waals surface area contributed by atoms with E-state index in [1.165, 1.54) is 11.3 Å². The molecule has 1 aromatic heterocycles. The zero-order valence-electron chi connectivity index (χ0n) is 14.4. The van der Waals surface area contributed by atoms with Gasteiger partial charge >= 0.3 is 0 Å². The van der Waals surface area contributed by atoms with Crippen LogP contribution in [0.1, 0.15) is 34.3 Å². The largest absolute Gasteiger partial charge is 0.497 e. The molecule has 0 aliphatic heterocycles. The normalized spacial score (nSPS) is 16.5. The first-order chi connectivity index (χ1) is 11.5. The average Bonchev–Trinajstić information content (AvgIpc) is 3.38. The van der Waals surface area contributed by atoms with Gasteiger partial charge in [0, 0.05) is 11.4 Å². The van der Waals surface area contributed by atoms with Gasteiger partial charge < -0.3 is 15.8 Å². The Bertz CT molecular complexity index is 734. The molecule has 1 fully saturated rings. The van der Waals surface area contributed by atoms with Crippen molar-refractivity contribution in [1.82, 2.24) is 5.32 Å². The fourth-order valence-corrected chi connectivity index (χ4v) is 3.95. The van der Waals surface area contributed by atoms with Gasteiger partial charge in [0.2, 0.25) is 0 Å². The second-order valence-electron chi connectivity index (χ2n) is 6.66. The van der Waals surface area contributed by atoms with E-state index in [1.807, 2.05) is 44.2 Å². The summed E-state index contributed by atoms with van der Waals surface area (Å²) in [5, 5.41) is 3.16. The summed E-state index contributed by atoms with van der Waals surface area (Å²) in [6, 6.07) is 9.88. The summed E-state index contributed by atoms with van der Waals surface area (Å²) in [7, 11) is 1.65. The number of hydrogen-bond donors (Lipinski definition) is 2. The molecule has 1 saturated carbocycles. The lowest BCUT2D eigenvalue weighted by atomic mass is 9.96. The Balaban J connectivity index is 1.81. The topological polar surface area (TPSA) is 64.3 Å². The molecule has 4 nitrogen and oxygen atoms in total. The number of carbonyl (C=O) groups is 1. The van der Waals surface area contributed by atoms with Crippen molar-refractivity contribution in [1.29, 1.82) is 0 Å². The SMILES string of the molecule is COc1ccc(-c2cc(C(=O)NC(C)(CN)C3CC3)sc2C)cc1. The lowest BCUT2D eigenvalue weighted by molar-refractivity contribution is 0.0902. The van der Waals surface area contributed by atoms with Crippen LogP contribution in [0.3, 0.4) is 0 Å². The monoisotopic (exact) mass is 344 g/mol. The summed E-state index contributed by atoms with van der Waals surface area (Å²) in [6.45, 7) is 4.57. The van der Waals surface area contributed by atoms with E-state index in [9.17, 15) is 4.79 Å². The third-order valence-electron chi connectivity index (χ3n) is 4.84. The van der Waals surface area contributed by atoms with Crippen molar-refractivity contribution in [3.05, 3.63) is 40.1 Å². The molecule has 1 aliphatic rings. The second kappa shape index (κ2) is 6.57. The first kappa shape index (κ1) is 17.0. The minimum Gasteiger partial charge on any atom is -0.497 e. The predicted molar refractivity (Wildman–Crippen MR) is 98.7 cm³/mol. The molecule has 5 heteroatoms. The maximum absolute atomic E-state index is 12.7. The maximum atomic E-state index is 12.7. The van der Waals surface area contributed by atoms with Gasteiger partial charge in [-0.3, -0.25) is 4.79 Å². The van der Waals surface area contributed by atoms with Crippen LogP contribution in [0.15, 0.2) is 30.3 Å². The molecule has 0 spiro atoms. The van der Waals surface area contributed by atoms with Crippen LogP contribution in [0.4, 0.5) is 0 Å². The van der Waals surface area contributed by atoms with Crippen LogP contribution in [-0.4, -0.2) is 25.1 Å². The number of nitrogens with two attached hydrogens (primary N) is 1. The fraction of sp³-hybridized carbons (Fsp3) is 0.421. The van der Waals surface area contributed by atoms with Crippen LogP contribution in [0.5, 0.6) is 5.75 Å². The van der Waals surface area contributed by atoms with Crippen LogP contribution in [-0.2, 0) is 0 Å². The van der Waals surface area contributed by atoms with Gasteiger partial charge in [-0.2, -0.15) is 0 Å². The van der Waals surface area contributed by atoms with Crippen molar-refractivity contribution in [2.75, 3.05) is 13.7 Å². The van der Waals surface area contributed by atoms with E-state index in [2.05, 4.69) is 5.32 Å². The van der Waals surface area contributed by atoms with Crippen LogP contribution < -0.4 is 15.8 Å². The fourth-order valence-electron chi connectivity index (χ4n) is 3.01. The number of ether oxygens (including phenoxy) is 1. The highest BCUT2D eigenvalue weighted by molar-refractivity contribution is 7.14. The number of thiophene rings is 1. The quantitative estimate of drug-likeness (QED) is 0.842. The molecule has 3 N–H and O–H groups in total. The molecule has 1 atom stereocenters. The molecule has 0 bridgehead atoms. The van der Waals surface area contributed by atoms with Crippen molar-refractivity contribution >= 4 is 17.2 Å². The molecule has 0 radical (unpaired) electrons. The Hall–Kier alpha value is -1.85. The van der Waals surface area contributed by atoms with E-state index in [4.69, 9.17) is 10.5 Å². The summed E-state index contributed by atoms with van der Waals surface area (Å²) in [5.41, 5.74) is 7.79. The van der Waals surface area contributed by atoms with Gasteiger partial charge in [-0.05, 0) is 61.9 Å². The van der Waals surface area contributed by atoms with Gasteiger partial charge in [-0.25, -0.2) is 0 Å². The summed E-state index contributed by atoms with van der Waals surface area (Å²) in [4.78, 5) is 14.5. The number of hydrogen-bond acceptors (Lipinski definition) is 4. The summed E-state index contributed by atoms with van der Waals surface area (Å²) < 4.78 is 5.20. The highest BCUT2D eigenvalue weighted by Crippen LogP contribution is 2.39. The Morgan fingerprint density at radius 2 is 2.04 bits per heavy atom. The minimum absolute atomic E-state index is 0.0253. The molecule has 1 unspecified atom stereocenters. The smallest absolute Gasteiger partial charge is 0.261 e. The molecular weight excluding hydrogens is 320 g/mol. The molecule has 1 aliphatic carbocycles. The highest BCUT2D eigenvalue weighted by atomic mass is 32.1. The number of nitrogens with one attached hydrogen (secondary N) is 1. The van der Waals surface area contributed by atoms with Gasteiger partial charge in [0.1, 0.15) is 5.75 Å². The van der Waals surface area contributed by atoms with Gasteiger partial charge in [0.05, 0.1) is 17.5 Å². The van der Waals surface area contributed by atoms with E-state index in [0.29, 0.717) is 12.5 Å². The van der Waals surface area contributed by atoms with Crippen molar-refractivity contribution in [2.45, 2.75) is 32.2 Å². The molecule has 24 heavy (non-hydrogen) atoms. The number of benzene rings is 1. The van der Waals surface area contributed by atoms with E-state index in [-0.39, 0.29) is 11.4 Å². The number of methoxy groups -OCH3 is 1. The number of amides is 1. The van der Waals surface area contributed by atoms with Gasteiger partial charge in [0.25, 0.3) is 5.91 Å². The summed E-state index contributed by atoms with van der Waals surface area (Å²) >= 11 is 1.53. The molecular formula is C19H24N2O2S. The first-order valence-electron chi connectivity index (χ1n) is 8.24. The summed E-state index contributed by atoms with van der Waals surface area (Å²) in [6.07, 6.45) is 2.29. The Morgan fingerprint density at radius 1 is 1.38 bits per heavy atom. The highest BCUT2D eigenvalue weighted by Gasteiger charge is 2.41. The van der Waals surface area contributed by atoms with E-state index in [1.54, 1.807) is 7.11 Å². The maximum Gasteiger partial charge on any atom is 0.261 e. The Morgan fingerprint density at radius 3 is 2.58 bits per heavy atom. The van der Waals surface area contributed by atoms with E-state index < -0.39 is 0 Å². The lowest BCUT2D eigenvalue weighted by Crippen LogP contribution is -2.53. The molecule has 0 saturated heterocycles. The third-order valence-corrected chi connectivity index (χ3v) is 5.89. The van der Waals surface area contributed by atoms with Crippen molar-refractivity contribution in [2.24, 2.45) is 11.7 Å². The number of aryl methyl sites for hydroxylation is 1. The Labute approximate surface area is 147 Å². The standard InChI is InChI=1S/C19H24N2O2S/c1-12-16(13-4-8-15(23-3)9-5-13)10-17(24-12)18(22)21-19(2,11-20)14-6-7-14/h4-5,8-10,14H,6-7,11,20H2,1-3H3,(H,21,22). The van der Waals surface area contributed by atoms with Crippen LogP contribution in [0, 0.1) is 12.8 Å². The van der Waals surface area contributed by atoms with E-state index >= 15 is 0 Å². The molecule has 1 aromatic carbocycles. The van der Waals surface area contributed by atoms with Crippen molar-refractivity contribution in [3.8, 4) is 16.9 Å². The van der Waals surface area contributed by atoms with Crippen molar-refractivity contribution < 1.29 is 9.53 Å². The zero-order valence-corrected chi connectivity index (χ0v) is 15.2. The lowest BCUT2D eigenvalue weighted by Gasteiger charge is -2.29. The molecule has 1 heterocycles.